The van der Waals surface area contributed by atoms with Crippen LogP contribution in [0.3, 0.4) is 0 Å². The van der Waals surface area contributed by atoms with Gasteiger partial charge in [-0.05, 0) is 44.9 Å². The molecular formula is C15H26N2O2. The molecule has 4 heteroatoms. The van der Waals surface area contributed by atoms with Crippen LogP contribution < -0.4 is 0 Å². The molecule has 0 aliphatic heterocycles. The summed E-state index contributed by atoms with van der Waals surface area (Å²) in [6.07, 6.45) is 6.56. The van der Waals surface area contributed by atoms with Crippen LogP contribution in [0.15, 0.2) is 4.52 Å². The highest BCUT2D eigenvalue weighted by atomic mass is 16.5. The number of hydrogen-bond acceptors (Lipinski definition) is 4. The molecule has 1 aliphatic rings. The van der Waals surface area contributed by atoms with Crippen molar-refractivity contribution in [3.05, 3.63) is 11.7 Å². The van der Waals surface area contributed by atoms with Crippen molar-refractivity contribution in [3.8, 4) is 0 Å². The summed E-state index contributed by atoms with van der Waals surface area (Å²) in [5.41, 5.74) is 0. The van der Waals surface area contributed by atoms with Gasteiger partial charge in [0.05, 0.1) is 12.0 Å². The molecule has 2 unspecified atom stereocenters. The molecule has 1 N–H and O–H groups in total. The van der Waals surface area contributed by atoms with Crippen molar-refractivity contribution in [2.75, 3.05) is 0 Å². The van der Waals surface area contributed by atoms with Gasteiger partial charge < -0.3 is 9.63 Å². The molecule has 4 nitrogen and oxygen atoms in total. The van der Waals surface area contributed by atoms with Crippen molar-refractivity contribution in [1.29, 1.82) is 0 Å². The van der Waals surface area contributed by atoms with E-state index < -0.39 is 6.10 Å². The zero-order chi connectivity index (χ0) is 13.8. The van der Waals surface area contributed by atoms with Crippen LogP contribution in [-0.2, 0) is 0 Å². The molecule has 0 aromatic carbocycles. The smallest absolute Gasteiger partial charge is 0.232 e. The second kappa shape index (κ2) is 6.51. The lowest BCUT2D eigenvalue weighted by Crippen LogP contribution is -2.15. The van der Waals surface area contributed by atoms with Crippen LogP contribution in [0.5, 0.6) is 0 Å². The van der Waals surface area contributed by atoms with Gasteiger partial charge in [0, 0.05) is 5.92 Å². The monoisotopic (exact) mass is 266 g/mol. The molecule has 0 radical (unpaired) electrons. The lowest BCUT2D eigenvalue weighted by Gasteiger charge is -2.25. The highest BCUT2D eigenvalue weighted by molar-refractivity contribution is 5.01. The van der Waals surface area contributed by atoms with Crippen LogP contribution in [0, 0.1) is 5.92 Å². The molecule has 0 amide bonds. The number of aromatic nitrogens is 2. The topological polar surface area (TPSA) is 59.2 Å². The van der Waals surface area contributed by atoms with Gasteiger partial charge in [-0.25, -0.2) is 0 Å². The third-order valence-electron chi connectivity index (χ3n) is 4.59. The van der Waals surface area contributed by atoms with E-state index in [1.165, 1.54) is 32.1 Å². The number of aliphatic hydroxyl groups is 1. The summed E-state index contributed by atoms with van der Waals surface area (Å²) in [6.45, 7) is 6.09. The van der Waals surface area contributed by atoms with E-state index in [2.05, 4.69) is 17.1 Å². The SMILES string of the molecule is CCC1CCC(c2noc(C(CC)C(C)O)n2)CC1. The van der Waals surface area contributed by atoms with Gasteiger partial charge in [-0.15, -0.1) is 0 Å². The molecule has 0 bridgehead atoms. The molecule has 1 aliphatic carbocycles. The molecular weight excluding hydrogens is 240 g/mol. The Morgan fingerprint density at radius 3 is 2.47 bits per heavy atom. The average Bonchev–Trinajstić information content (AvgIpc) is 2.89. The molecule has 108 valence electrons. The second-order valence-electron chi connectivity index (χ2n) is 5.87. The predicted octanol–water partition coefficient (Wildman–Crippen LogP) is 3.63. The molecule has 1 fully saturated rings. The molecule has 0 saturated heterocycles. The first-order chi connectivity index (χ1) is 9.15. The predicted molar refractivity (Wildman–Crippen MR) is 74.0 cm³/mol. The minimum atomic E-state index is -0.436. The van der Waals surface area contributed by atoms with E-state index >= 15 is 0 Å². The van der Waals surface area contributed by atoms with Crippen molar-refractivity contribution >= 4 is 0 Å². The van der Waals surface area contributed by atoms with E-state index in [1.54, 1.807) is 6.92 Å². The van der Waals surface area contributed by atoms with Crippen molar-refractivity contribution < 1.29 is 9.63 Å². The van der Waals surface area contributed by atoms with Crippen molar-refractivity contribution in [2.45, 2.75) is 77.2 Å². The van der Waals surface area contributed by atoms with E-state index in [-0.39, 0.29) is 5.92 Å². The van der Waals surface area contributed by atoms with E-state index in [0.29, 0.717) is 11.8 Å². The lowest BCUT2D eigenvalue weighted by molar-refractivity contribution is 0.141. The molecule has 1 heterocycles. The number of aliphatic hydroxyl groups excluding tert-OH is 1. The Balaban J connectivity index is 2.01. The first kappa shape index (κ1) is 14.5. The fraction of sp³-hybridized carbons (Fsp3) is 0.867. The van der Waals surface area contributed by atoms with Crippen LogP contribution in [0.25, 0.3) is 0 Å². The largest absolute Gasteiger partial charge is 0.393 e. The van der Waals surface area contributed by atoms with Gasteiger partial charge in [0.2, 0.25) is 5.89 Å². The highest BCUT2D eigenvalue weighted by Crippen LogP contribution is 2.36. The summed E-state index contributed by atoms with van der Waals surface area (Å²) >= 11 is 0. The zero-order valence-corrected chi connectivity index (χ0v) is 12.3. The van der Waals surface area contributed by atoms with E-state index in [4.69, 9.17) is 4.52 Å². The molecule has 2 atom stereocenters. The fourth-order valence-electron chi connectivity index (χ4n) is 3.11. The summed E-state index contributed by atoms with van der Waals surface area (Å²) in [4.78, 5) is 4.54. The quantitative estimate of drug-likeness (QED) is 0.884. The molecule has 1 aromatic rings. The van der Waals surface area contributed by atoms with E-state index in [1.807, 2.05) is 6.92 Å². The van der Waals surface area contributed by atoms with Crippen LogP contribution in [0.4, 0.5) is 0 Å². The van der Waals surface area contributed by atoms with E-state index in [9.17, 15) is 5.11 Å². The van der Waals surface area contributed by atoms with Gasteiger partial charge in [-0.3, -0.25) is 0 Å². The zero-order valence-electron chi connectivity index (χ0n) is 12.3. The molecule has 0 spiro atoms. The van der Waals surface area contributed by atoms with Crippen molar-refractivity contribution in [2.24, 2.45) is 5.92 Å². The van der Waals surface area contributed by atoms with Crippen LogP contribution in [0.2, 0.25) is 0 Å². The summed E-state index contributed by atoms with van der Waals surface area (Å²) in [7, 11) is 0. The molecule has 19 heavy (non-hydrogen) atoms. The van der Waals surface area contributed by atoms with Gasteiger partial charge in [-0.2, -0.15) is 4.98 Å². The number of rotatable bonds is 5. The summed E-state index contributed by atoms with van der Waals surface area (Å²) in [5, 5.41) is 13.9. The third kappa shape index (κ3) is 3.35. The minimum Gasteiger partial charge on any atom is -0.393 e. The summed E-state index contributed by atoms with van der Waals surface area (Å²) in [6, 6.07) is 0. The molecule has 1 saturated carbocycles. The van der Waals surface area contributed by atoms with Gasteiger partial charge >= 0.3 is 0 Å². The minimum absolute atomic E-state index is 0.0340. The van der Waals surface area contributed by atoms with Gasteiger partial charge in [0.25, 0.3) is 0 Å². The van der Waals surface area contributed by atoms with Crippen LogP contribution >= 0.6 is 0 Å². The number of nitrogens with zero attached hydrogens (tertiary/aromatic N) is 2. The lowest BCUT2D eigenvalue weighted by atomic mass is 9.80. The normalized spacial score (nSPS) is 27.2. The first-order valence-electron chi connectivity index (χ1n) is 7.67. The Labute approximate surface area is 115 Å². The van der Waals surface area contributed by atoms with Crippen LogP contribution in [0.1, 0.15) is 82.8 Å². The van der Waals surface area contributed by atoms with Crippen molar-refractivity contribution in [3.63, 3.8) is 0 Å². The highest BCUT2D eigenvalue weighted by Gasteiger charge is 2.27. The van der Waals surface area contributed by atoms with Crippen molar-refractivity contribution in [1.82, 2.24) is 10.1 Å². The molecule has 2 rings (SSSR count). The third-order valence-corrected chi connectivity index (χ3v) is 4.59. The summed E-state index contributed by atoms with van der Waals surface area (Å²) < 4.78 is 5.36. The second-order valence-corrected chi connectivity index (χ2v) is 5.87. The Morgan fingerprint density at radius 2 is 1.95 bits per heavy atom. The standard InChI is InChI=1S/C15H26N2O2/c1-4-11-6-8-12(9-7-11)14-16-15(19-17-14)13(5-2)10(3)18/h10-13,18H,4-9H2,1-3H3. The summed E-state index contributed by atoms with van der Waals surface area (Å²) in [5.74, 6) is 2.75. The average molecular weight is 266 g/mol. The Hall–Kier alpha value is -0.900. The maximum atomic E-state index is 9.72. The number of hydrogen-bond donors (Lipinski definition) is 1. The maximum absolute atomic E-state index is 9.72. The van der Waals surface area contributed by atoms with Crippen LogP contribution in [-0.4, -0.2) is 21.4 Å². The molecule has 1 aromatic heterocycles. The van der Waals surface area contributed by atoms with Gasteiger partial charge in [-0.1, -0.05) is 25.4 Å². The Kier molecular flexibility index (Phi) is 4.97. The van der Waals surface area contributed by atoms with Gasteiger partial charge in [0.15, 0.2) is 5.82 Å². The van der Waals surface area contributed by atoms with Gasteiger partial charge in [0.1, 0.15) is 0 Å². The first-order valence-corrected chi connectivity index (χ1v) is 7.67. The van der Waals surface area contributed by atoms with E-state index in [0.717, 1.165) is 18.2 Å². The fourth-order valence-corrected chi connectivity index (χ4v) is 3.11. The Bertz CT molecular complexity index is 381. The maximum Gasteiger partial charge on any atom is 0.232 e. The Morgan fingerprint density at radius 1 is 1.26 bits per heavy atom.